The molecule has 2 aromatic carbocycles. The zero-order valence-electron chi connectivity index (χ0n) is 14.0. The Hall–Kier alpha value is -3.14. The summed E-state index contributed by atoms with van der Waals surface area (Å²) in [6.45, 7) is 0. The molecule has 25 heavy (non-hydrogen) atoms. The van der Waals surface area contributed by atoms with Crippen molar-refractivity contribution in [1.82, 2.24) is 0 Å². The first-order chi connectivity index (χ1) is 12.2. The van der Waals surface area contributed by atoms with Gasteiger partial charge in [0.2, 0.25) is 0 Å². The molecule has 0 N–H and O–H groups in total. The Kier molecular flexibility index (Phi) is 4.80. The van der Waals surface area contributed by atoms with Crippen LogP contribution in [0.1, 0.15) is 11.1 Å². The summed E-state index contributed by atoms with van der Waals surface area (Å²) >= 11 is 1.65. The normalized spacial score (nSPS) is 9.92. The first-order valence-corrected chi connectivity index (χ1v) is 8.41. The standard InChI is InChI=1S/C22H16O2S/c1-5-15-13-17(23-3)7-9-19(15)21-11-12-22(25-21)20-10-8-18(24-4)14-16(20)6-2/h1-2,7-14H,3-4H3. The molecule has 3 rings (SSSR count). The highest BCUT2D eigenvalue weighted by molar-refractivity contribution is 7.18. The van der Waals surface area contributed by atoms with Gasteiger partial charge in [0, 0.05) is 32.0 Å². The van der Waals surface area contributed by atoms with Crippen LogP contribution >= 0.6 is 11.3 Å². The lowest BCUT2D eigenvalue weighted by molar-refractivity contribution is 0.414. The SMILES string of the molecule is C#Cc1cc(OC)ccc1-c1ccc(-c2ccc(OC)cc2C#C)s1. The van der Waals surface area contributed by atoms with Crippen LogP contribution < -0.4 is 9.47 Å². The smallest absolute Gasteiger partial charge is 0.120 e. The van der Waals surface area contributed by atoms with Gasteiger partial charge in [-0.05, 0) is 48.5 Å². The summed E-state index contributed by atoms with van der Waals surface area (Å²) in [7, 11) is 3.26. The third-order valence-corrected chi connectivity index (χ3v) is 5.05. The minimum absolute atomic E-state index is 0.748. The van der Waals surface area contributed by atoms with Crippen molar-refractivity contribution < 1.29 is 9.47 Å². The van der Waals surface area contributed by atoms with Crippen molar-refractivity contribution in [2.45, 2.75) is 0 Å². The Morgan fingerprint density at radius 3 is 1.52 bits per heavy atom. The molecule has 3 heteroatoms. The van der Waals surface area contributed by atoms with Gasteiger partial charge in [0.15, 0.2) is 0 Å². The van der Waals surface area contributed by atoms with E-state index in [1.54, 1.807) is 25.6 Å². The molecule has 0 atom stereocenters. The summed E-state index contributed by atoms with van der Waals surface area (Å²) in [5, 5.41) is 0. The highest BCUT2D eigenvalue weighted by Gasteiger charge is 2.12. The molecule has 0 saturated carbocycles. The second kappa shape index (κ2) is 7.18. The number of hydrogen-bond acceptors (Lipinski definition) is 3. The first kappa shape index (κ1) is 16.7. The zero-order valence-corrected chi connectivity index (χ0v) is 14.8. The maximum absolute atomic E-state index is 5.67. The van der Waals surface area contributed by atoms with Crippen LogP contribution in [0.2, 0.25) is 0 Å². The van der Waals surface area contributed by atoms with Crippen molar-refractivity contribution in [2.75, 3.05) is 14.2 Å². The Morgan fingerprint density at radius 1 is 0.720 bits per heavy atom. The van der Waals surface area contributed by atoms with E-state index in [0.717, 1.165) is 43.5 Å². The van der Waals surface area contributed by atoms with Crippen molar-refractivity contribution >= 4 is 11.3 Å². The quantitative estimate of drug-likeness (QED) is 0.616. The van der Waals surface area contributed by atoms with Gasteiger partial charge < -0.3 is 9.47 Å². The van der Waals surface area contributed by atoms with Crippen molar-refractivity contribution in [3.8, 4) is 57.1 Å². The maximum atomic E-state index is 5.67. The van der Waals surface area contributed by atoms with Gasteiger partial charge in [0.05, 0.1) is 14.2 Å². The van der Waals surface area contributed by atoms with E-state index in [4.69, 9.17) is 22.3 Å². The van der Waals surface area contributed by atoms with Crippen molar-refractivity contribution in [3.63, 3.8) is 0 Å². The number of methoxy groups -OCH3 is 2. The molecule has 0 saturated heterocycles. The molecule has 0 aliphatic rings. The molecule has 0 unspecified atom stereocenters. The average molecular weight is 344 g/mol. The number of hydrogen-bond donors (Lipinski definition) is 0. The number of ether oxygens (including phenoxy) is 2. The van der Waals surface area contributed by atoms with Crippen LogP contribution in [0.4, 0.5) is 0 Å². The van der Waals surface area contributed by atoms with Gasteiger partial charge >= 0.3 is 0 Å². The third kappa shape index (κ3) is 3.24. The molecule has 0 aliphatic carbocycles. The summed E-state index contributed by atoms with van der Waals surface area (Å²) in [6, 6.07) is 15.7. The van der Waals surface area contributed by atoms with E-state index in [1.807, 2.05) is 36.4 Å². The number of rotatable bonds is 4. The van der Waals surface area contributed by atoms with Crippen LogP contribution in [0.15, 0.2) is 48.5 Å². The van der Waals surface area contributed by atoms with E-state index >= 15 is 0 Å². The molecule has 0 radical (unpaired) electrons. The van der Waals surface area contributed by atoms with E-state index < -0.39 is 0 Å². The van der Waals surface area contributed by atoms with E-state index in [1.165, 1.54) is 0 Å². The summed E-state index contributed by atoms with van der Waals surface area (Å²) in [5.41, 5.74) is 3.63. The summed E-state index contributed by atoms with van der Waals surface area (Å²) in [6.07, 6.45) is 11.3. The van der Waals surface area contributed by atoms with Crippen LogP contribution in [0.25, 0.3) is 20.9 Å². The van der Waals surface area contributed by atoms with Gasteiger partial charge in [0.1, 0.15) is 11.5 Å². The Labute approximate surface area is 152 Å². The summed E-state index contributed by atoms with van der Waals surface area (Å²) in [5.74, 6) is 6.96. The van der Waals surface area contributed by atoms with Gasteiger partial charge in [-0.25, -0.2) is 0 Å². The van der Waals surface area contributed by atoms with Crippen LogP contribution in [0, 0.1) is 24.7 Å². The molecule has 0 fully saturated rings. The number of benzene rings is 2. The fourth-order valence-corrected chi connectivity index (χ4v) is 3.68. The van der Waals surface area contributed by atoms with Gasteiger partial charge in [-0.3, -0.25) is 0 Å². The zero-order chi connectivity index (χ0) is 17.8. The number of terminal acetylenes is 2. The molecule has 2 nitrogen and oxygen atoms in total. The molecule has 0 aliphatic heterocycles. The van der Waals surface area contributed by atoms with Crippen molar-refractivity contribution in [2.24, 2.45) is 0 Å². The first-order valence-electron chi connectivity index (χ1n) is 7.60. The fourth-order valence-electron chi connectivity index (χ4n) is 2.60. The largest absolute Gasteiger partial charge is 0.497 e. The Balaban J connectivity index is 2.05. The van der Waals surface area contributed by atoms with E-state index in [-0.39, 0.29) is 0 Å². The fraction of sp³-hybridized carbons (Fsp3) is 0.0909. The highest BCUT2D eigenvalue weighted by Crippen LogP contribution is 2.38. The topological polar surface area (TPSA) is 18.5 Å². The molecule has 0 amide bonds. The highest BCUT2D eigenvalue weighted by atomic mass is 32.1. The molecule has 1 aromatic heterocycles. The minimum atomic E-state index is 0.748. The second-order valence-electron chi connectivity index (χ2n) is 5.28. The van der Waals surface area contributed by atoms with Gasteiger partial charge in [-0.2, -0.15) is 0 Å². The lowest BCUT2D eigenvalue weighted by atomic mass is 10.0. The van der Waals surface area contributed by atoms with Crippen LogP contribution in [-0.4, -0.2) is 14.2 Å². The molecule has 1 heterocycles. The average Bonchev–Trinajstić information content (AvgIpc) is 3.16. The maximum Gasteiger partial charge on any atom is 0.120 e. The molecular weight excluding hydrogens is 328 g/mol. The molecular formula is C22H16O2S. The number of thiophene rings is 1. The second-order valence-corrected chi connectivity index (χ2v) is 6.36. The predicted octanol–water partition coefficient (Wildman–Crippen LogP) is 5.06. The van der Waals surface area contributed by atoms with Gasteiger partial charge in [0.25, 0.3) is 0 Å². The van der Waals surface area contributed by atoms with Crippen LogP contribution in [0.5, 0.6) is 11.5 Å². The predicted molar refractivity (Wildman–Crippen MR) is 104 cm³/mol. The van der Waals surface area contributed by atoms with E-state index in [0.29, 0.717) is 0 Å². The van der Waals surface area contributed by atoms with Gasteiger partial charge in [-0.1, -0.05) is 11.8 Å². The molecule has 3 aromatic rings. The lowest BCUT2D eigenvalue weighted by Gasteiger charge is -2.06. The Morgan fingerprint density at radius 2 is 1.16 bits per heavy atom. The third-order valence-electron chi connectivity index (χ3n) is 3.90. The van der Waals surface area contributed by atoms with Crippen LogP contribution in [-0.2, 0) is 0 Å². The molecule has 0 bridgehead atoms. The van der Waals surface area contributed by atoms with Crippen LogP contribution in [0.3, 0.4) is 0 Å². The van der Waals surface area contributed by atoms with E-state index in [2.05, 4.69) is 24.0 Å². The monoisotopic (exact) mass is 344 g/mol. The molecule has 122 valence electrons. The Bertz CT molecular complexity index is 920. The van der Waals surface area contributed by atoms with Gasteiger partial charge in [-0.15, -0.1) is 24.2 Å². The summed E-state index contributed by atoms with van der Waals surface area (Å²) < 4.78 is 10.5. The summed E-state index contributed by atoms with van der Waals surface area (Å²) in [4.78, 5) is 2.17. The lowest BCUT2D eigenvalue weighted by Crippen LogP contribution is -1.87. The van der Waals surface area contributed by atoms with Crippen molar-refractivity contribution in [1.29, 1.82) is 0 Å². The minimum Gasteiger partial charge on any atom is -0.497 e. The van der Waals surface area contributed by atoms with Crippen molar-refractivity contribution in [3.05, 3.63) is 59.7 Å². The molecule has 0 spiro atoms. The van der Waals surface area contributed by atoms with E-state index in [9.17, 15) is 0 Å².